The van der Waals surface area contributed by atoms with Crippen molar-refractivity contribution in [2.45, 2.75) is 18.9 Å². The number of nitrogens with one attached hydrogen (secondary N) is 1. The number of hydrogen-bond donors (Lipinski definition) is 5. The summed E-state index contributed by atoms with van der Waals surface area (Å²) < 4.78 is 10.7. The molecule has 2 heterocycles. The number of aromatic nitrogens is 4. The van der Waals surface area contributed by atoms with Crippen molar-refractivity contribution in [1.29, 1.82) is 0 Å². The molecule has 0 amide bonds. The lowest BCUT2D eigenvalue weighted by Gasteiger charge is -2.10. The topological polar surface area (TPSA) is 158 Å². The number of hydrogen-bond acceptors (Lipinski definition) is 6. The number of nitrogen functional groups attached to an aromatic ring is 1. The van der Waals surface area contributed by atoms with Crippen LogP contribution in [0.15, 0.2) is 6.33 Å². The van der Waals surface area contributed by atoms with Gasteiger partial charge in [-0.15, -0.1) is 0 Å². The van der Waals surface area contributed by atoms with Gasteiger partial charge in [0, 0.05) is 6.42 Å². The molecule has 0 aliphatic carbocycles. The average Bonchev–Trinajstić information content (AvgIpc) is 2.74. The van der Waals surface area contributed by atoms with Crippen LogP contribution in [-0.4, -0.2) is 47.1 Å². The average molecular weight is 287 g/mol. The fourth-order valence-corrected chi connectivity index (χ4v) is 2.26. The first-order valence-corrected chi connectivity index (χ1v) is 7.33. The Morgan fingerprint density at radius 1 is 1.42 bits per heavy atom. The number of aromatic amines is 1. The van der Waals surface area contributed by atoms with Crippen molar-refractivity contribution in [3.8, 4) is 0 Å². The van der Waals surface area contributed by atoms with E-state index in [0.717, 1.165) is 0 Å². The minimum Gasteiger partial charge on any atom is -0.393 e. The largest absolute Gasteiger partial charge is 0.393 e. The lowest BCUT2D eigenvalue weighted by molar-refractivity contribution is 0.167. The van der Waals surface area contributed by atoms with E-state index in [4.69, 9.17) is 15.5 Å². The molecule has 1 atom stereocenters. The lowest BCUT2D eigenvalue weighted by atomic mass is 10.2. The molecular weight excluding hydrogens is 273 g/mol. The molecule has 19 heavy (non-hydrogen) atoms. The van der Waals surface area contributed by atoms with Crippen LogP contribution in [0.3, 0.4) is 0 Å². The van der Waals surface area contributed by atoms with Crippen LogP contribution in [0, 0.1) is 0 Å². The Kier molecular flexibility index (Phi) is 3.81. The smallest absolute Gasteiger partial charge is 0.325 e. The first-order chi connectivity index (χ1) is 8.85. The number of H-pyrrole nitrogens is 1. The van der Waals surface area contributed by atoms with E-state index in [-0.39, 0.29) is 30.6 Å². The molecule has 10 heteroatoms. The number of anilines is 1. The molecule has 2 rings (SSSR count). The fraction of sp³-hybridized carbons (Fsp3) is 0.444. The summed E-state index contributed by atoms with van der Waals surface area (Å²) in [5, 5.41) is 9.69. The molecule has 9 nitrogen and oxygen atoms in total. The molecule has 6 N–H and O–H groups in total. The highest BCUT2D eigenvalue weighted by Crippen LogP contribution is 2.35. The molecule has 0 radical (unpaired) electrons. The van der Waals surface area contributed by atoms with Gasteiger partial charge in [0.2, 0.25) is 0 Å². The monoisotopic (exact) mass is 287 g/mol. The van der Waals surface area contributed by atoms with E-state index in [2.05, 4.69) is 19.9 Å². The van der Waals surface area contributed by atoms with Crippen molar-refractivity contribution >= 4 is 24.6 Å². The number of nitrogens with zero attached hydrogens (tertiary/aromatic N) is 3. The molecule has 0 fully saturated rings. The van der Waals surface area contributed by atoms with Gasteiger partial charge in [-0.05, 0) is 6.42 Å². The normalized spacial score (nSPS) is 13.8. The maximum atomic E-state index is 10.7. The summed E-state index contributed by atoms with van der Waals surface area (Å²) in [6.45, 7) is 0. The van der Waals surface area contributed by atoms with Crippen LogP contribution in [0.4, 0.5) is 5.82 Å². The molecule has 2 aromatic heterocycles. The first kappa shape index (κ1) is 13.9. The third-order valence-corrected chi connectivity index (χ3v) is 3.37. The molecular formula is C9H14N5O4P. The summed E-state index contributed by atoms with van der Waals surface area (Å²) in [4.78, 5) is 32.3. The second-order valence-corrected chi connectivity index (χ2v) is 5.94. The lowest BCUT2D eigenvalue weighted by Crippen LogP contribution is -2.15. The zero-order valence-corrected chi connectivity index (χ0v) is 10.8. The Morgan fingerprint density at radius 3 is 2.84 bits per heavy atom. The quantitative estimate of drug-likeness (QED) is 0.456. The number of imidazole rings is 1. The van der Waals surface area contributed by atoms with E-state index in [0.29, 0.717) is 11.2 Å². The summed E-state index contributed by atoms with van der Waals surface area (Å²) >= 11 is 0. The highest BCUT2D eigenvalue weighted by molar-refractivity contribution is 7.51. The molecule has 0 unspecified atom stereocenters. The zero-order valence-electron chi connectivity index (χ0n) is 9.89. The highest BCUT2D eigenvalue weighted by atomic mass is 31.2. The van der Waals surface area contributed by atoms with E-state index in [1.165, 1.54) is 6.33 Å². The van der Waals surface area contributed by atoms with Crippen LogP contribution >= 0.6 is 7.60 Å². The number of aliphatic hydroxyl groups is 1. The summed E-state index contributed by atoms with van der Waals surface area (Å²) in [7, 11) is -4.11. The third-order valence-electron chi connectivity index (χ3n) is 2.53. The molecule has 0 spiro atoms. The second-order valence-electron chi connectivity index (χ2n) is 4.16. The van der Waals surface area contributed by atoms with Gasteiger partial charge >= 0.3 is 7.60 Å². The predicted octanol–water partition coefficient (Wildman–Crippen LogP) is -0.594. The van der Waals surface area contributed by atoms with Gasteiger partial charge in [0.25, 0.3) is 0 Å². The van der Waals surface area contributed by atoms with Gasteiger partial charge in [-0.2, -0.15) is 0 Å². The predicted molar refractivity (Wildman–Crippen MR) is 67.3 cm³/mol. The standard InChI is InChI=1S/C9H14N5O4P/c10-8-7-9(12-4-11-7)14-6(13-8)3-5(15)1-2-19(16,17)18/h4-5,15H,1-3H2,(H2,16,17,18)(H3,10,11,12,13,14)/t5-/m0/s1. The molecule has 2 aromatic rings. The van der Waals surface area contributed by atoms with E-state index in [1.807, 2.05) is 0 Å². The first-order valence-electron chi connectivity index (χ1n) is 5.53. The van der Waals surface area contributed by atoms with Gasteiger partial charge in [0.15, 0.2) is 11.5 Å². The summed E-state index contributed by atoms with van der Waals surface area (Å²) in [5.74, 6) is 0.509. The molecule has 0 saturated heterocycles. The molecule has 0 aliphatic rings. The van der Waals surface area contributed by atoms with E-state index >= 15 is 0 Å². The highest BCUT2D eigenvalue weighted by Gasteiger charge is 2.17. The Morgan fingerprint density at radius 2 is 2.16 bits per heavy atom. The van der Waals surface area contributed by atoms with Gasteiger partial charge in [-0.25, -0.2) is 15.0 Å². The van der Waals surface area contributed by atoms with Crippen molar-refractivity contribution in [3.05, 3.63) is 12.2 Å². The summed E-state index contributed by atoms with van der Waals surface area (Å²) in [6, 6.07) is 0. The van der Waals surface area contributed by atoms with Crippen molar-refractivity contribution in [2.24, 2.45) is 0 Å². The minimum absolute atomic E-state index is 0.0356. The van der Waals surface area contributed by atoms with Crippen LogP contribution in [0.5, 0.6) is 0 Å². The van der Waals surface area contributed by atoms with Crippen molar-refractivity contribution in [2.75, 3.05) is 11.9 Å². The van der Waals surface area contributed by atoms with Crippen LogP contribution in [0.1, 0.15) is 12.2 Å². The maximum absolute atomic E-state index is 10.7. The minimum atomic E-state index is -4.11. The van der Waals surface area contributed by atoms with Gasteiger partial charge in [-0.1, -0.05) is 0 Å². The van der Waals surface area contributed by atoms with Crippen LogP contribution in [0.25, 0.3) is 11.2 Å². The number of fused-ring (bicyclic) bond motifs is 1. The van der Waals surface area contributed by atoms with Gasteiger partial charge in [-0.3, -0.25) is 4.57 Å². The number of nitrogens with two attached hydrogens (primary N) is 1. The zero-order chi connectivity index (χ0) is 14.0. The van der Waals surface area contributed by atoms with Crippen molar-refractivity contribution in [3.63, 3.8) is 0 Å². The third kappa shape index (κ3) is 3.71. The number of aliphatic hydroxyl groups excluding tert-OH is 1. The van der Waals surface area contributed by atoms with Crippen LogP contribution < -0.4 is 5.73 Å². The Balaban J connectivity index is 2.06. The van der Waals surface area contributed by atoms with Gasteiger partial charge in [0.1, 0.15) is 11.3 Å². The van der Waals surface area contributed by atoms with Crippen LogP contribution in [0.2, 0.25) is 0 Å². The second kappa shape index (κ2) is 5.22. The molecule has 0 aliphatic heterocycles. The maximum Gasteiger partial charge on any atom is 0.325 e. The van der Waals surface area contributed by atoms with E-state index in [9.17, 15) is 9.67 Å². The Labute approximate surface area is 108 Å². The van der Waals surface area contributed by atoms with E-state index < -0.39 is 13.7 Å². The number of rotatable bonds is 5. The SMILES string of the molecule is Nc1nc(C[C@@H](O)CCP(=O)(O)O)nc2nc[nH]c12. The molecule has 0 aromatic carbocycles. The Bertz CT molecular complexity index is 624. The molecule has 104 valence electrons. The van der Waals surface area contributed by atoms with Crippen molar-refractivity contribution < 1.29 is 19.5 Å². The summed E-state index contributed by atoms with van der Waals surface area (Å²) in [6.07, 6.45) is 0.139. The molecule has 0 saturated carbocycles. The van der Waals surface area contributed by atoms with Gasteiger partial charge < -0.3 is 25.6 Å². The summed E-state index contributed by atoms with van der Waals surface area (Å²) in [5.41, 5.74) is 6.61. The van der Waals surface area contributed by atoms with E-state index in [1.54, 1.807) is 0 Å². The fourth-order valence-electron chi connectivity index (χ4n) is 1.62. The molecule has 0 bridgehead atoms. The van der Waals surface area contributed by atoms with Crippen LogP contribution in [-0.2, 0) is 11.0 Å². The van der Waals surface area contributed by atoms with Gasteiger partial charge in [0.05, 0.1) is 18.6 Å². The van der Waals surface area contributed by atoms with Crippen molar-refractivity contribution in [1.82, 2.24) is 19.9 Å². The Hall–Kier alpha value is -1.54.